The second kappa shape index (κ2) is 10.0. The average Bonchev–Trinajstić information content (AvgIpc) is 2.84. The normalized spacial score (nSPS) is 19.3. The van der Waals surface area contributed by atoms with Gasteiger partial charge in [-0.15, -0.1) is 0 Å². The Labute approximate surface area is 197 Å². The number of pyridine rings is 1. The molecule has 3 heterocycles. The third-order valence-electron chi connectivity index (χ3n) is 6.40. The highest BCUT2D eigenvalue weighted by Gasteiger charge is 2.36. The van der Waals surface area contributed by atoms with Crippen molar-refractivity contribution in [2.75, 3.05) is 39.3 Å². The zero-order valence-electron chi connectivity index (χ0n) is 18.6. The van der Waals surface area contributed by atoms with Gasteiger partial charge in [-0.25, -0.2) is 8.42 Å². The maximum Gasteiger partial charge on any atom is 0.416 e. The third kappa shape index (κ3) is 5.59. The van der Waals surface area contributed by atoms with Gasteiger partial charge in [-0.3, -0.25) is 14.7 Å². The summed E-state index contributed by atoms with van der Waals surface area (Å²) in [6.45, 7) is 3.64. The summed E-state index contributed by atoms with van der Waals surface area (Å²) in [4.78, 5) is 21.0. The smallest absolute Gasteiger partial charge is 0.340 e. The van der Waals surface area contributed by atoms with Crippen molar-refractivity contribution in [3.05, 3.63) is 59.9 Å². The van der Waals surface area contributed by atoms with Crippen molar-refractivity contribution in [2.24, 2.45) is 5.92 Å². The molecule has 34 heavy (non-hydrogen) atoms. The van der Waals surface area contributed by atoms with Crippen LogP contribution in [0, 0.1) is 5.92 Å². The predicted molar refractivity (Wildman–Crippen MR) is 119 cm³/mol. The van der Waals surface area contributed by atoms with E-state index in [0.29, 0.717) is 32.0 Å². The SMILES string of the molecule is O=C(C1CCN(S(=O)(=O)c2cccc(C(F)(F)F)c2)CC1)N1CCN(Cc2ccccn2)CC1. The van der Waals surface area contributed by atoms with Crippen LogP contribution < -0.4 is 0 Å². The first-order chi connectivity index (χ1) is 16.1. The number of halogens is 3. The van der Waals surface area contributed by atoms with Gasteiger partial charge in [0.2, 0.25) is 15.9 Å². The number of rotatable bonds is 5. The van der Waals surface area contributed by atoms with Crippen LogP contribution in [0.5, 0.6) is 0 Å². The Bertz CT molecular complexity index is 1100. The number of benzene rings is 1. The molecule has 1 aromatic carbocycles. The van der Waals surface area contributed by atoms with Crippen LogP contribution in [0.1, 0.15) is 24.1 Å². The Morgan fingerprint density at radius 3 is 2.29 bits per heavy atom. The van der Waals surface area contributed by atoms with Crippen molar-refractivity contribution < 1.29 is 26.4 Å². The standard InChI is InChI=1S/C23H27F3N4O3S/c24-23(25,26)19-4-3-6-21(16-19)34(32,33)30-10-7-18(8-11-30)22(31)29-14-12-28(13-15-29)17-20-5-1-2-9-27-20/h1-6,9,16,18H,7-8,10-15,17H2. The van der Waals surface area contributed by atoms with Crippen molar-refractivity contribution in [2.45, 2.75) is 30.5 Å². The van der Waals surface area contributed by atoms with E-state index in [1.165, 1.54) is 10.4 Å². The van der Waals surface area contributed by atoms with E-state index in [0.717, 1.165) is 37.5 Å². The number of sulfonamides is 1. The van der Waals surface area contributed by atoms with Crippen LogP contribution in [0.3, 0.4) is 0 Å². The van der Waals surface area contributed by atoms with Crippen molar-refractivity contribution >= 4 is 15.9 Å². The van der Waals surface area contributed by atoms with Gasteiger partial charge in [0.15, 0.2) is 0 Å². The molecule has 11 heteroatoms. The number of carbonyl (C=O) groups excluding carboxylic acids is 1. The molecule has 0 N–H and O–H groups in total. The second-order valence-electron chi connectivity index (χ2n) is 8.63. The number of alkyl halides is 3. The molecule has 1 aromatic heterocycles. The van der Waals surface area contributed by atoms with E-state index in [4.69, 9.17) is 0 Å². The molecule has 0 aliphatic carbocycles. The first kappa shape index (κ1) is 24.6. The highest BCUT2D eigenvalue weighted by atomic mass is 32.2. The summed E-state index contributed by atoms with van der Waals surface area (Å²) >= 11 is 0. The molecule has 184 valence electrons. The molecule has 0 spiro atoms. The lowest BCUT2D eigenvalue weighted by atomic mass is 9.96. The van der Waals surface area contributed by atoms with E-state index in [2.05, 4.69) is 9.88 Å². The maximum absolute atomic E-state index is 13.0. The lowest BCUT2D eigenvalue weighted by Gasteiger charge is -2.38. The summed E-state index contributed by atoms with van der Waals surface area (Å²) in [5.41, 5.74) is -0.0162. The number of nitrogens with zero attached hydrogens (tertiary/aromatic N) is 4. The van der Waals surface area contributed by atoms with Crippen molar-refractivity contribution in [1.82, 2.24) is 19.1 Å². The maximum atomic E-state index is 13.0. The Morgan fingerprint density at radius 1 is 0.971 bits per heavy atom. The molecule has 0 bridgehead atoms. The molecule has 0 radical (unpaired) electrons. The summed E-state index contributed by atoms with van der Waals surface area (Å²) in [5.74, 6) is -0.260. The van der Waals surface area contributed by atoms with Gasteiger partial charge in [0.05, 0.1) is 16.2 Å². The van der Waals surface area contributed by atoms with Crippen LogP contribution in [-0.4, -0.2) is 72.7 Å². The first-order valence-corrected chi connectivity index (χ1v) is 12.7. The van der Waals surface area contributed by atoms with Crippen LogP contribution >= 0.6 is 0 Å². The zero-order chi connectivity index (χ0) is 24.3. The quantitative estimate of drug-likeness (QED) is 0.637. The number of carbonyl (C=O) groups is 1. The Balaban J connectivity index is 1.30. The van der Waals surface area contributed by atoms with Gasteiger partial charge >= 0.3 is 6.18 Å². The predicted octanol–water partition coefficient (Wildman–Crippen LogP) is 2.85. The van der Waals surface area contributed by atoms with Crippen LogP contribution in [-0.2, 0) is 27.5 Å². The monoisotopic (exact) mass is 496 g/mol. The number of hydrogen-bond donors (Lipinski definition) is 0. The number of piperazine rings is 1. The minimum atomic E-state index is -4.62. The molecule has 2 aromatic rings. The highest BCUT2D eigenvalue weighted by molar-refractivity contribution is 7.89. The zero-order valence-corrected chi connectivity index (χ0v) is 19.4. The van der Waals surface area contributed by atoms with Gasteiger partial charge < -0.3 is 4.90 Å². The third-order valence-corrected chi connectivity index (χ3v) is 8.29. The minimum absolute atomic E-state index is 0.0219. The summed E-state index contributed by atoms with van der Waals surface area (Å²) in [5, 5.41) is 0. The molecule has 2 saturated heterocycles. The molecule has 2 aliphatic rings. The number of hydrogen-bond acceptors (Lipinski definition) is 5. The van der Waals surface area contributed by atoms with Gasteiger partial charge in [0.25, 0.3) is 0 Å². The van der Waals surface area contributed by atoms with E-state index in [-0.39, 0.29) is 29.8 Å². The number of amides is 1. The minimum Gasteiger partial charge on any atom is -0.340 e. The second-order valence-corrected chi connectivity index (χ2v) is 10.6. The van der Waals surface area contributed by atoms with Crippen molar-refractivity contribution in [1.29, 1.82) is 0 Å². The molecule has 2 aliphatic heterocycles. The van der Waals surface area contributed by atoms with E-state index in [1.807, 2.05) is 23.1 Å². The molecule has 4 rings (SSSR count). The average molecular weight is 497 g/mol. The van der Waals surface area contributed by atoms with Crippen molar-refractivity contribution in [3.63, 3.8) is 0 Å². The molecular weight excluding hydrogens is 469 g/mol. The highest BCUT2D eigenvalue weighted by Crippen LogP contribution is 2.32. The van der Waals surface area contributed by atoms with Crippen LogP contribution in [0.25, 0.3) is 0 Å². The lowest BCUT2D eigenvalue weighted by Crippen LogP contribution is -2.51. The molecule has 1 amide bonds. The molecule has 2 fully saturated rings. The van der Waals surface area contributed by atoms with Gasteiger partial charge in [0, 0.05) is 57.9 Å². The molecule has 0 atom stereocenters. The number of piperidine rings is 1. The van der Waals surface area contributed by atoms with Gasteiger partial charge in [-0.1, -0.05) is 12.1 Å². The van der Waals surface area contributed by atoms with Crippen molar-refractivity contribution in [3.8, 4) is 0 Å². The number of aromatic nitrogens is 1. The Hall–Kier alpha value is -2.50. The van der Waals surface area contributed by atoms with Gasteiger partial charge in [-0.2, -0.15) is 17.5 Å². The fourth-order valence-electron chi connectivity index (χ4n) is 4.43. The lowest BCUT2D eigenvalue weighted by molar-refractivity contribution is -0.139. The fourth-order valence-corrected chi connectivity index (χ4v) is 5.95. The molecular formula is C23H27F3N4O3S. The van der Waals surface area contributed by atoms with Crippen LogP contribution in [0.4, 0.5) is 13.2 Å². The van der Waals surface area contributed by atoms with E-state index in [9.17, 15) is 26.4 Å². The molecule has 0 saturated carbocycles. The largest absolute Gasteiger partial charge is 0.416 e. The summed E-state index contributed by atoms with van der Waals surface area (Å²) in [7, 11) is -4.06. The van der Waals surface area contributed by atoms with Crippen LogP contribution in [0.15, 0.2) is 53.6 Å². The Kier molecular flexibility index (Phi) is 7.25. The molecule has 7 nitrogen and oxygen atoms in total. The van der Waals surface area contributed by atoms with E-state index >= 15 is 0 Å². The Morgan fingerprint density at radius 2 is 1.68 bits per heavy atom. The first-order valence-electron chi connectivity index (χ1n) is 11.2. The van der Waals surface area contributed by atoms with Gasteiger partial charge in [-0.05, 0) is 43.2 Å². The topological polar surface area (TPSA) is 73.8 Å². The summed E-state index contributed by atoms with van der Waals surface area (Å²) in [6.07, 6.45) is -2.16. The molecule has 0 unspecified atom stereocenters. The van der Waals surface area contributed by atoms with E-state index < -0.39 is 21.8 Å². The summed E-state index contributed by atoms with van der Waals surface area (Å²) in [6, 6.07) is 9.57. The van der Waals surface area contributed by atoms with Gasteiger partial charge in [0.1, 0.15) is 0 Å². The fraction of sp³-hybridized carbons (Fsp3) is 0.478. The summed E-state index contributed by atoms with van der Waals surface area (Å²) < 4.78 is 65.9. The van der Waals surface area contributed by atoms with E-state index in [1.54, 1.807) is 6.20 Å². The van der Waals surface area contributed by atoms with Crippen LogP contribution in [0.2, 0.25) is 0 Å².